The number of rotatable bonds is 14. The first-order valence-electron chi connectivity index (χ1n) is 8.36. The van der Waals surface area contributed by atoms with Gasteiger partial charge in [0.15, 0.2) is 0 Å². The predicted octanol–water partition coefficient (Wildman–Crippen LogP) is 1.99. The van der Waals surface area contributed by atoms with E-state index in [9.17, 15) is 0 Å². The maximum Gasteiger partial charge on any atom is 0.0701 e. The number of ether oxygens (including phenoxy) is 4. The van der Waals surface area contributed by atoms with Crippen molar-refractivity contribution < 1.29 is 18.9 Å². The van der Waals surface area contributed by atoms with Gasteiger partial charge in [0, 0.05) is 26.3 Å². The van der Waals surface area contributed by atoms with Crippen LogP contribution < -0.4 is 5.32 Å². The van der Waals surface area contributed by atoms with Crippen molar-refractivity contribution in [2.24, 2.45) is 0 Å². The van der Waals surface area contributed by atoms with E-state index in [-0.39, 0.29) is 0 Å². The summed E-state index contributed by atoms with van der Waals surface area (Å²) in [5.74, 6) is 0. The van der Waals surface area contributed by atoms with Crippen LogP contribution in [0.3, 0.4) is 0 Å². The highest BCUT2D eigenvalue weighted by molar-refractivity contribution is 4.80. The molecule has 0 aliphatic heterocycles. The summed E-state index contributed by atoms with van der Waals surface area (Å²) in [6.45, 7) is 7.29. The Kier molecular flexibility index (Phi) is 12.1. The molecular formula is C16H33NO4. The zero-order valence-corrected chi connectivity index (χ0v) is 13.8. The molecular weight excluding hydrogens is 270 g/mol. The Morgan fingerprint density at radius 3 is 2.19 bits per heavy atom. The van der Waals surface area contributed by atoms with E-state index >= 15 is 0 Å². The molecule has 1 aliphatic rings. The third-order valence-electron chi connectivity index (χ3n) is 3.78. The Morgan fingerprint density at radius 1 is 0.905 bits per heavy atom. The molecule has 0 amide bonds. The molecule has 0 aromatic carbocycles. The van der Waals surface area contributed by atoms with Crippen molar-refractivity contribution in [2.45, 2.75) is 51.2 Å². The molecule has 1 fully saturated rings. The van der Waals surface area contributed by atoms with Crippen LogP contribution in [0.1, 0.15) is 39.0 Å². The van der Waals surface area contributed by atoms with Crippen molar-refractivity contribution in [3.8, 4) is 0 Å². The zero-order valence-electron chi connectivity index (χ0n) is 13.8. The largest absolute Gasteiger partial charge is 0.381 e. The lowest BCUT2D eigenvalue weighted by Crippen LogP contribution is -2.30. The summed E-state index contributed by atoms with van der Waals surface area (Å²) in [7, 11) is 1.80. The summed E-state index contributed by atoms with van der Waals surface area (Å²) < 4.78 is 21.7. The van der Waals surface area contributed by atoms with E-state index in [4.69, 9.17) is 18.9 Å². The minimum atomic E-state index is 0.441. The van der Waals surface area contributed by atoms with Crippen LogP contribution in [-0.2, 0) is 18.9 Å². The smallest absolute Gasteiger partial charge is 0.0701 e. The Bertz CT molecular complexity index is 228. The van der Waals surface area contributed by atoms with Gasteiger partial charge in [-0.05, 0) is 25.7 Å². The summed E-state index contributed by atoms with van der Waals surface area (Å²) in [5, 5.41) is 3.51. The van der Waals surface area contributed by atoms with Crippen LogP contribution in [0.25, 0.3) is 0 Å². The van der Waals surface area contributed by atoms with E-state index in [1.165, 1.54) is 19.3 Å². The van der Waals surface area contributed by atoms with Crippen LogP contribution in [0.5, 0.6) is 0 Å². The number of methoxy groups -OCH3 is 1. The first-order chi connectivity index (χ1) is 10.4. The molecule has 126 valence electrons. The van der Waals surface area contributed by atoms with Crippen LogP contribution in [0.4, 0.5) is 0 Å². The summed E-state index contributed by atoms with van der Waals surface area (Å²) in [6.07, 6.45) is 6.25. The van der Waals surface area contributed by atoms with E-state index < -0.39 is 0 Å². The normalized spacial score (nSPS) is 22.0. The van der Waals surface area contributed by atoms with Gasteiger partial charge < -0.3 is 24.3 Å². The molecule has 0 spiro atoms. The summed E-state index contributed by atoms with van der Waals surface area (Å²) >= 11 is 0. The third kappa shape index (κ3) is 10.2. The van der Waals surface area contributed by atoms with Crippen LogP contribution in [0.2, 0.25) is 0 Å². The average molecular weight is 303 g/mol. The maximum absolute atomic E-state index is 5.53. The van der Waals surface area contributed by atoms with Gasteiger partial charge in [-0.3, -0.25) is 0 Å². The molecule has 1 saturated carbocycles. The van der Waals surface area contributed by atoms with E-state index in [0.29, 0.717) is 38.6 Å². The average Bonchev–Trinajstić information content (AvgIpc) is 2.96. The Hall–Kier alpha value is -0.200. The van der Waals surface area contributed by atoms with Gasteiger partial charge in [-0.25, -0.2) is 0 Å². The fraction of sp³-hybridized carbons (Fsp3) is 1.00. The minimum absolute atomic E-state index is 0.441. The lowest BCUT2D eigenvalue weighted by Gasteiger charge is -2.13. The highest BCUT2D eigenvalue weighted by atomic mass is 16.5. The van der Waals surface area contributed by atoms with E-state index in [2.05, 4.69) is 12.2 Å². The molecule has 1 N–H and O–H groups in total. The number of hydrogen-bond acceptors (Lipinski definition) is 5. The van der Waals surface area contributed by atoms with Crippen molar-refractivity contribution in [3.05, 3.63) is 0 Å². The van der Waals surface area contributed by atoms with Crippen molar-refractivity contribution in [1.82, 2.24) is 5.32 Å². The highest BCUT2D eigenvalue weighted by Crippen LogP contribution is 2.20. The summed E-state index contributed by atoms with van der Waals surface area (Å²) in [4.78, 5) is 0. The topological polar surface area (TPSA) is 49.0 Å². The molecule has 0 heterocycles. The number of hydrogen-bond donors (Lipinski definition) is 1. The van der Waals surface area contributed by atoms with Crippen molar-refractivity contribution in [1.29, 1.82) is 0 Å². The number of nitrogens with one attached hydrogen (secondary N) is 1. The molecule has 0 aromatic heterocycles. The highest BCUT2D eigenvalue weighted by Gasteiger charge is 2.23. The Balaban J connectivity index is 1.73. The van der Waals surface area contributed by atoms with Crippen molar-refractivity contribution in [2.75, 3.05) is 53.3 Å². The molecule has 5 nitrogen and oxygen atoms in total. The van der Waals surface area contributed by atoms with Crippen LogP contribution >= 0.6 is 0 Å². The minimum Gasteiger partial charge on any atom is -0.381 e. The molecule has 5 heteroatoms. The van der Waals surface area contributed by atoms with Gasteiger partial charge >= 0.3 is 0 Å². The summed E-state index contributed by atoms with van der Waals surface area (Å²) in [5.41, 5.74) is 0. The molecule has 21 heavy (non-hydrogen) atoms. The van der Waals surface area contributed by atoms with Gasteiger partial charge in [-0.1, -0.05) is 13.3 Å². The van der Waals surface area contributed by atoms with E-state index in [1.54, 1.807) is 7.11 Å². The number of unbranched alkanes of at least 4 members (excludes halogenated alkanes) is 1. The lowest BCUT2D eigenvalue weighted by molar-refractivity contribution is 0.0143. The monoisotopic (exact) mass is 303 g/mol. The maximum atomic E-state index is 5.53. The molecule has 2 atom stereocenters. The molecule has 2 unspecified atom stereocenters. The predicted molar refractivity (Wildman–Crippen MR) is 83.8 cm³/mol. The Labute approximate surface area is 129 Å². The van der Waals surface area contributed by atoms with Gasteiger partial charge in [0.05, 0.1) is 39.1 Å². The SMILES string of the molecule is CCCCOCCOCCOCCNC1CCC(OC)C1. The first kappa shape index (κ1) is 18.8. The molecule has 1 rings (SSSR count). The summed E-state index contributed by atoms with van der Waals surface area (Å²) in [6, 6.07) is 0.593. The van der Waals surface area contributed by atoms with Crippen molar-refractivity contribution in [3.63, 3.8) is 0 Å². The molecule has 0 aromatic rings. The van der Waals surface area contributed by atoms with Gasteiger partial charge in [0.25, 0.3) is 0 Å². The second-order valence-electron chi connectivity index (χ2n) is 5.51. The van der Waals surface area contributed by atoms with Crippen LogP contribution in [0, 0.1) is 0 Å². The zero-order chi connectivity index (χ0) is 15.2. The fourth-order valence-electron chi connectivity index (χ4n) is 2.46. The molecule has 1 aliphatic carbocycles. The van der Waals surface area contributed by atoms with E-state index in [0.717, 1.165) is 32.6 Å². The van der Waals surface area contributed by atoms with Crippen LogP contribution in [0.15, 0.2) is 0 Å². The third-order valence-corrected chi connectivity index (χ3v) is 3.78. The van der Waals surface area contributed by atoms with Gasteiger partial charge in [0.2, 0.25) is 0 Å². The lowest BCUT2D eigenvalue weighted by atomic mass is 10.2. The Morgan fingerprint density at radius 2 is 1.57 bits per heavy atom. The van der Waals surface area contributed by atoms with Crippen molar-refractivity contribution >= 4 is 0 Å². The second-order valence-corrected chi connectivity index (χ2v) is 5.51. The van der Waals surface area contributed by atoms with Gasteiger partial charge in [0.1, 0.15) is 0 Å². The van der Waals surface area contributed by atoms with E-state index in [1.807, 2.05) is 0 Å². The van der Waals surface area contributed by atoms with Gasteiger partial charge in [-0.15, -0.1) is 0 Å². The molecule has 0 saturated heterocycles. The standard InChI is InChI=1S/C16H33NO4/c1-3-4-8-19-10-12-21-13-11-20-9-7-17-15-5-6-16(14-15)18-2/h15-17H,3-14H2,1-2H3. The second kappa shape index (κ2) is 13.5. The van der Waals surface area contributed by atoms with Gasteiger partial charge in [-0.2, -0.15) is 0 Å². The fourth-order valence-corrected chi connectivity index (χ4v) is 2.46. The van der Waals surface area contributed by atoms with Crippen LogP contribution in [-0.4, -0.2) is 65.4 Å². The molecule has 0 radical (unpaired) electrons. The first-order valence-corrected chi connectivity index (χ1v) is 8.36. The quantitative estimate of drug-likeness (QED) is 0.497. The molecule has 0 bridgehead atoms.